The summed E-state index contributed by atoms with van der Waals surface area (Å²) in [6.45, 7) is 28.7. The summed E-state index contributed by atoms with van der Waals surface area (Å²) in [6, 6.07) is 0. The van der Waals surface area contributed by atoms with E-state index in [1.54, 1.807) is 0 Å². The van der Waals surface area contributed by atoms with E-state index in [0.717, 1.165) is 6.61 Å². The Kier molecular flexibility index (Phi) is 6.82. The van der Waals surface area contributed by atoms with Crippen LogP contribution in [-0.4, -0.2) is 12.2 Å². The van der Waals surface area contributed by atoms with E-state index in [1.165, 1.54) is 19.3 Å². The molecule has 0 atom stereocenters. The van der Waals surface area contributed by atoms with E-state index in [4.69, 9.17) is 4.74 Å². The molecular weight excluding hydrogens is 268 g/mol. The van der Waals surface area contributed by atoms with Gasteiger partial charge in [0.25, 0.3) is 0 Å². The summed E-state index contributed by atoms with van der Waals surface area (Å²) in [5.74, 6) is 0. The van der Waals surface area contributed by atoms with Gasteiger partial charge in [-0.15, -0.1) is 0 Å². The van der Waals surface area contributed by atoms with Gasteiger partial charge in [-0.2, -0.15) is 0 Å². The van der Waals surface area contributed by atoms with Gasteiger partial charge in [0.15, 0.2) is 0 Å². The van der Waals surface area contributed by atoms with Gasteiger partial charge < -0.3 is 4.74 Å². The first-order valence-electron chi connectivity index (χ1n) is 8.97. The van der Waals surface area contributed by atoms with Crippen molar-refractivity contribution in [2.75, 3.05) is 6.61 Å². The fourth-order valence-corrected chi connectivity index (χ4v) is 4.09. The second-order valence-corrected chi connectivity index (χ2v) is 12.1. The van der Waals surface area contributed by atoms with Crippen molar-refractivity contribution in [3.05, 3.63) is 0 Å². The van der Waals surface area contributed by atoms with Crippen LogP contribution in [0.25, 0.3) is 0 Å². The van der Waals surface area contributed by atoms with Crippen molar-refractivity contribution in [3.63, 3.8) is 0 Å². The molecule has 0 amide bonds. The molecule has 0 bridgehead atoms. The molecule has 134 valence electrons. The van der Waals surface area contributed by atoms with E-state index in [9.17, 15) is 0 Å². The molecule has 0 aliphatic heterocycles. The Hall–Kier alpha value is -0.0400. The Balaban J connectivity index is 5.58. The average Bonchev–Trinajstić information content (AvgIpc) is 2.04. The van der Waals surface area contributed by atoms with Crippen LogP contribution < -0.4 is 0 Å². The molecule has 1 heteroatoms. The summed E-state index contributed by atoms with van der Waals surface area (Å²) < 4.78 is 6.33. The van der Waals surface area contributed by atoms with Crippen LogP contribution in [0, 0.1) is 21.7 Å². The summed E-state index contributed by atoms with van der Waals surface area (Å²) >= 11 is 0. The molecule has 1 nitrogen and oxygen atoms in total. The van der Waals surface area contributed by atoms with Crippen molar-refractivity contribution in [2.24, 2.45) is 21.7 Å². The second-order valence-electron chi connectivity index (χ2n) is 12.1. The summed E-state index contributed by atoms with van der Waals surface area (Å²) in [5, 5.41) is 0. The lowest BCUT2D eigenvalue weighted by atomic mass is 9.61. The van der Waals surface area contributed by atoms with Crippen LogP contribution >= 0.6 is 0 Å². The molecule has 0 unspecified atom stereocenters. The number of rotatable bonds is 5. The summed E-state index contributed by atoms with van der Waals surface area (Å²) in [5.41, 5.74) is 1.12. The minimum absolute atomic E-state index is 0.0705. The zero-order valence-electron chi connectivity index (χ0n) is 17.7. The first-order valence-corrected chi connectivity index (χ1v) is 8.97. The third kappa shape index (κ3) is 11.5. The van der Waals surface area contributed by atoms with Crippen LogP contribution in [0.1, 0.15) is 102 Å². The van der Waals surface area contributed by atoms with Gasteiger partial charge in [-0.05, 0) is 61.7 Å². The molecule has 0 radical (unpaired) electrons. The maximum Gasteiger partial charge on any atom is 0.0598 e. The van der Waals surface area contributed by atoms with Gasteiger partial charge >= 0.3 is 0 Å². The van der Waals surface area contributed by atoms with Gasteiger partial charge in [0.05, 0.1) is 12.2 Å². The molecule has 0 aliphatic rings. The van der Waals surface area contributed by atoms with Crippen molar-refractivity contribution in [1.29, 1.82) is 0 Å². The number of ether oxygens (including phenoxy) is 1. The standard InChI is InChI=1S/C21H44O/c1-17(2,3)13-21(14-18(4,5)6,15-19(7,8)9)16-22-20(10,11)12/h13-16H2,1-12H3. The lowest BCUT2D eigenvalue weighted by Gasteiger charge is -2.47. The summed E-state index contributed by atoms with van der Waals surface area (Å²) in [7, 11) is 0. The normalized spacial score (nSPS) is 15.3. The highest BCUT2D eigenvalue weighted by atomic mass is 16.5. The number of hydrogen-bond acceptors (Lipinski definition) is 1. The predicted molar refractivity (Wildman–Crippen MR) is 100 cm³/mol. The minimum Gasteiger partial charge on any atom is -0.375 e. The highest BCUT2D eigenvalue weighted by Gasteiger charge is 2.41. The zero-order valence-corrected chi connectivity index (χ0v) is 17.7. The monoisotopic (exact) mass is 312 g/mol. The summed E-state index contributed by atoms with van der Waals surface area (Å²) in [6.07, 6.45) is 3.64. The predicted octanol–water partition coefficient (Wildman–Crippen LogP) is 7.10. The van der Waals surface area contributed by atoms with Gasteiger partial charge in [-0.1, -0.05) is 62.3 Å². The van der Waals surface area contributed by atoms with Gasteiger partial charge in [-0.25, -0.2) is 0 Å². The van der Waals surface area contributed by atoms with Crippen LogP contribution in [0.2, 0.25) is 0 Å². The minimum atomic E-state index is -0.0705. The molecule has 0 saturated heterocycles. The molecule has 0 N–H and O–H groups in total. The van der Waals surface area contributed by atoms with E-state index in [-0.39, 0.29) is 11.0 Å². The van der Waals surface area contributed by atoms with Crippen molar-refractivity contribution < 1.29 is 4.74 Å². The molecule has 0 spiro atoms. The van der Waals surface area contributed by atoms with Gasteiger partial charge in [-0.3, -0.25) is 0 Å². The first kappa shape index (κ1) is 22.0. The highest BCUT2D eigenvalue weighted by Crippen LogP contribution is 2.49. The second kappa shape index (κ2) is 6.83. The lowest BCUT2D eigenvalue weighted by molar-refractivity contribution is -0.0885. The van der Waals surface area contributed by atoms with Crippen LogP contribution in [-0.2, 0) is 4.74 Å². The zero-order chi connectivity index (χ0) is 18.0. The third-order valence-corrected chi connectivity index (χ3v) is 3.53. The van der Waals surface area contributed by atoms with Crippen molar-refractivity contribution in [3.8, 4) is 0 Å². The molecule has 0 fully saturated rings. The highest BCUT2D eigenvalue weighted by molar-refractivity contribution is 4.91. The smallest absolute Gasteiger partial charge is 0.0598 e. The Bertz CT molecular complexity index is 284. The largest absolute Gasteiger partial charge is 0.375 e. The van der Waals surface area contributed by atoms with E-state index in [2.05, 4.69) is 83.1 Å². The molecule has 0 aromatic carbocycles. The first-order chi connectivity index (χ1) is 9.33. The van der Waals surface area contributed by atoms with Gasteiger partial charge in [0.2, 0.25) is 0 Å². The Morgan fingerprint density at radius 2 is 0.773 bits per heavy atom. The molecule has 0 aromatic rings. The van der Waals surface area contributed by atoms with Gasteiger partial charge in [0.1, 0.15) is 0 Å². The Morgan fingerprint density at radius 1 is 0.500 bits per heavy atom. The van der Waals surface area contributed by atoms with Crippen molar-refractivity contribution >= 4 is 0 Å². The Morgan fingerprint density at radius 3 is 0.955 bits per heavy atom. The molecular formula is C21H44O. The van der Waals surface area contributed by atoms with E-state index in [1.807, 2.05) is 0 Å². The van der Waals surface area contributed by atoms with E-state index in [0.29, 0.717) is 16.2 Å². The van der Waals surface area contributed by atoms with Crippen LogP contribution in [0.15, 0.2) is 0 Å². The van der Waals surface area contributed by atoms with Crippen molar-refractivity contribution in [2.45, 2.75) is 108 Å². The topological polar surface area (TPSA) is 9.23 Å². The van der Waals surface area contributed by atoms with Gasteiger partial charge in [0, 0.05) is 0 Å². The maximum absolute atomic E-state index is 6.33. The fourth-order valence-electron chi connectivity index (χ4n) is 4.09. The third-order valence-electron chi connectivity index (χ3n) is 3.53. The lowest BCUT2D eigenvalue weighted by Crippen LogP contribution is -2.40. The van der Waals surface area contributed by atoms with Crippen LogP contribution in [0.4, 0.5) is 0 Å². The Labute approximate surface area is 141 Å². The SMILES string of the molecule is CC(C)(C)CC(COC(C)(C)C)(CC(C)(C)C)CC(C)(C)C. The molecule has 0 heterocycles. The quantitative estimate of drug-likeness (QED) is 0.526. The number of hydrogen-bond donors (Lipinski definition) is 0. The maximum atomic E-state index is 6.33. The van der Waals surface area contributed by atoms with Crippen molar-refractivity contribution in [1.82, 2.24) is 0 Å². The molecule has 0 rings (SSSR count). The van der Waals surface area contributed by atoms with E-state index < -0.39 is 0 Å². The average molecular weight is 313 g/mol. The van der Waals surface area contributed by atoms with Crippen LogP contribution in [0.3, 0.4) is 0 Å². The molecule has 0 aliphatic carbocycles. The molecule has 0 aromatic heterocycles. The summed E-state index contributed by atoms with van der Waals surface area (Å²) in [4.78, 5) is 0. The fraction of sp³-hybridized carbons (Fsp3) is 1.00. The molecule has 22 heavy (non-hydrogen) atoms. The van der Waals surface area contributed by atoms with E-state index >= 15 is 0 Å². The molecule has 0 saturated carbocycles. The van der Waals surface area contributed by atoms with Crippen LogP contribution in [0.5, 0.6) is 0 Å².